The minimum atomic E-state index is 0.468. The summed E-state index contributed by atoms with van der Waals surface area (Å²) in [5.41, 5.74) is 2.55. The number of morpholine rings is 1. The summed E-state index contributed by atoms with van der Waals surface area (Å²) in [7, 11) is 0. The molecule has 1 saturated carbocycles. The average molecular weight is 275 g/mol. The van der Waals surface area contributed by atoms with Crippen molar-refractivity contribution in [3.05, 3.63) is 23.4 Å². The number of hydrogen-bond donors (Lipinski definition) is 1. The van der Waals surface area contributed by atoms with Gasteiger partial charge in [0.1, 0.15) is 5.82 Å². The first-order valence-electron chi connectivity index (χ1n) is 7.79. The number of hydrogen-bond acceptors (Lipinski definition) is 4. The quantitative estimate of drug-likeness (QED) is 0.894. The van der Waals surface area contributed by atoms with E-state index in [4.69, 9.17) is 9.72 Å². The van der Waals surface area contributed by atoms with Gasteiger partial charge in [-0.05, 0) is 36.5 Å². The molecular formula is C16H25N3O. The zero-order valence-electron chi connectivity index (χ0n) is 12.6. The number of aromatic nitrogens is 1. The number of ether oxygens (including phenoxy) is 1. The van der Waals surface area contributed by atoms with Crippen LogP contribution in [0.4, 0.5) is 5.82 Å². The molecule has 1 aromatic heterocycles. The summed E-state index contributed by atoms with van der Waals surface area (Å²) >= 11 is 0. The van der Waals surface area contributed by atoms with E-state index in [9.17, 15) is 0 Å². The van der Waals surface area contributed by atoms with Crippen LogP contribution in [0.2, 0.25) is 0 Å². The Bertz CT molecular complexity index is 451. The summed E-state index contributed by atoms with van der Waals surface area (Å²) in [5, 5.41) is 3.60. The predicted molar refractivity (Wildman–Crippen MR) is 81.2 cm³/mol. The summed E-state index contributed by atoms with van der Waals surface area (Å²) in [6.07, 6.45) is 2.66. The minimum absolute atomic E-state index is 0.468. The summed E-state index contributed by atoms with van der Waals surface area (Å²) in [6.45, 7) is 8.90. The summed E-state index contributed by atoms with van der Waals surface area (Å²) in [5.74, 6) is 1.59. The highest BCUT2D eigenvalue weighted by Gasteiger charge is 2.21. The zero-order valence-corrected chi connectivity index (χ0v) is 12.6. The molecule has 1 N–H and O–H groups in total. The van der Waals surface area contributed by atoms with Crippen LogP contribution in [0.25, 0.3) is 0 Å². The molecule has 2 heterocycles. The Hall–Kier alpha value is -1.13. The van der Waals surface area contributed by atoms with Crippen molar-refractivity contribution >= 4 is 5.82 Å². The monoisotopic (exact) mass is 275 g/mol. The Morgan fingerprint density at radius 2 is 2.05 bits per heavy atom. The van der Waals surface area contributed by atoms with Crippen LogP contribution in [0.15, 0.2) is 12.1 Å². The molecule has 0 aromatic carbocycles. The fraction of sp³-hybridized carbons (Fsp3) is 0.688. The molecular weight excluding hydrogens is 250 g/mol. The van der Waals surface area contributed by atoms with Gasteiger partial charge in [-0.25, -0.2) is 4.98 Å². The van der Waals surface area contributed by atoms with Crippen LogP contribution in [0.3, 0.4) is 0 Å². The summed E-state index contributed by atoms with van der Waals surface area (Å²) in [6, 6.07) is 5.24. The number of anilines is 1. The van der Waals surface area contributed by atoms with E-state index in [0.717, 1.165) is 44.7 Å². The number of nitrogens with zero attached hydrogens (tertiary/aromatic N) is 2. The van der Waals surface area contributed by atoms with E-state index in [1.54, 1.807) is 0 Å². The Morgan fingerprint density at radius 1 is 1.30 bits per heavy atom. The first-order chi connectivity index (χ1) is 9.72. The third-order valence-corrected chi connectivity index (χ3v) is 3.99. The van der Waals surface area contributed by atoms with Crippen molar-refractivity contribution in [1.82, 2.24) is 10.3 Å². The molecule has 3 rings (SSSR count). The van der Waals surface area contributed by atoms with E-state index in [0.29, 0.717) is 5.92 Å². The van der Waals surface area contributed by atoms with Gasteiger partial charge in [0.15, 0.2) is 0 Å². The zero-order chi connectivity index (χ0) is 13.9. The van der Waals surface area contributed by atoms with E-state index in [2.05, 4.69) is 36.2 Å². The van der Waals surface area contributed by atoms with Crippen molar-refractivity contribution in [3.8, 4) is 0 Å². The Balaban J connectivity index is 1.78. The molecule has 20 heavy (non-hydrogen) atoms. The van der Waals surface area contributed by atoms with E-state index < -0.39 is 0 Å². The van der Waals surface area contributed by atoms with Gasteiger partial charge in [0, 0.05) is 31.4 Å². The number of rotatable bonds is 5. The lowest BCUT2D eigenvalue weighted by Crippen LogP contribution is -2.37. The molecule has 0 bridgehead atoms. The van der Waals surface area contributed by atoms with Crippen molar-refractivity contribution in [3.63, 3.8) is 0 Å². The molecule has 2 aliphatic rings. The molecule has 0 amide bonds. The minimum Gasteiger partial charge on any atom is -0.378 e. The normalized spacial score (nSPS) is 19.6. The highest BCUT2D eigenvalue weighted by atomic mass is 16.5. The van der Waals surface area contributed by atoms with E-state index in [1.165, 1.54) is 24.1 Å². The van der Waals surface area contributed by atoms with E-state index in [1.807, 2.05) is 0 Å². The topological polar surface area (TPSA) is 37.4 Å². The van der Waals surface area contributed by atoms with Gasteiger partial charge in [-0.3, -0.25) is 0 Å². The standard InChI is InChI=1S/C16H25N3O/c1-12(2)15-9-13(11-17-14-3-4-14)10-16(18-15)19-5-7-20-8-6-19/h9-10,12,14,17H,3-8,11H2,1-2H3. The molecule has 4 nitrogen and oxygen atoms in total. The molecule has 2 fully saturated rings. The molecule has 0 atom stereocenters. The molecule has 0 radical (unpaired) electrons. The highest BCUT2D eigenvalue weighted by molar-refractivity contribution is 5.43. The fourth-order valence-electron chi connectivity index (χ4n) is 2.50. The molecule has 110 valence electrons. The lowest BCUT2D eigenvalue weighted by Gasteiger charge is -2.29. The first kappa shape index (κ1) is 13.8. The third-order valence-electron chi connectivity index (χ3n) is 3.99. The van der Waals surface area contributed by atoms with Gasteiger partial charge in [0.25, 0.3) is 0 Å². The van der Waals surface area contributed by atoms with Gasteiger partial charge in [-0.15, -0.1) is 0 Å². The van der Waals surface area contributed by atoms with Crippen LogP contribution in [-0.2, 0) is 11.3 Å². The Morgan fingerprint density at radius 3 is 2.70 bits per heavy atom. The highest BCUT2D eigenvalue weighted by Crippen LogP contribution is 2.23. The molecule has 0 spiro atoms. The Kier molecular flexibility index (Phi) is 4.22. The van der Waals surface area contributed by atoms with E-state index in [-0.39, 0.29) is 0 Å². The molecule has 1 saturated heterocycles. The van der Waals surface area contributed by atoms with Crippen molar-refractivity contribution < 1.29 is 4.74 Å². The largest absolute Gasteiger partial charge is 0.378 e. The molecule has 1 aliphatic heterocycles. The molecule has 1 aromatic rings. The lowest BCUT2D eigenvalue weighted by atomic mass is 10.1. The van der Waals surface area contributed by atoms with Gasteiger partial charge in [-0.1, -0.05) is 13.8 Å². The van der Waals surface area contributed by atoms with Crippen molar-refractivity contribution in [2.75, 3.05) is 31.2 Å². The van der Waals surface area contributed by atoms with Gasteiger partial charge >= 0.3 is 0 Å². The SMILES string of the molecule is CC(C)c1cc(CNC2CC2)cc(N2CCOCC2)n1. The van der Waals surface area contributed by atoms with Gasteiger partial charge in [-0.2, -0.15) is 0 Å². The molecule has 0 unspecified atom stereocenters. The second-order valence-corrected chi connectivity index (χ2v) is 6.17. The van der Waals surface area contributed by atoms with Crippen LogP contribution < -0.4 is 10.2 Å². The maximum Gasteiger partial charge on any atom is 0.129 e. The predicted octanol–water partition coefficient (Wildman–Crippen LogP) is 2.29. The number of pyridine rings is 1. The first-order valence-corrected chi connectivity index (χ1v) is 7.79. The van der Waals surface area contributed by atoms with E-state index >= 15 is 0 Å². The van der Waals surface area contributed by atoms with Crippen molar-refractivity contribution in [2.24, 2.45) is 0 Å². The molecule has 1 aliphatic carbocycles. The maximum absolute atomic E-state index is 5.43. The molecule has 4 heteroatoms. The Labute approximate surface area is 121 Å². The smallest absolute Gasteiger partial charge is 0.129 e. The average Bonchev–Trinajstić information content (AvgIpc) is 3.30. The van der Waals surface area contributed by atoms with Crippen molar-refractivity contribution in [1.29, 1.82) is 0 Å². The third kappa shape index (κ3) is 3.49. The second kappa shape index (κ2) is 6.10. The lowest BCUT2D eigenvalue weighted by molar-refractivity contribution is 0.122. The fourth-order valence-corrected chi connectivity index (χ4v) is 2.50. The van der Waals surface area contributed by atoms with Crippen molar-refractivity contribution in [2.45, 2.75) is 45.2 Å². The van der Waals surface area contributed by atoms with Crippen LogP contribution in [0.1, 0.15) is 43.9 Å². The maximum atomic E-state index is 5.43. The summed E-state index contributed by atoms with van der Waals surface area (Å²) in [4.78, 5) is 7.19. The van der Waals surface area contributed by atoms with Crippen LogP contribution in [0, 0.1) is 0 Å². The van der Waals surface area contributed by atoms with Crippen LogP contribution in [0.5, 0.6) is 0 Å². The van der Waals surface area contributed by atoms with Crippen LogP contribution in [-0.4, -0.2) is 37.3 Å². The second-order valence-electron chi connectivity index (χ2n) is 6.17. The van der Waals surface area contributed by atoms with Crippen LogP contribution >= 0.6 is 0 Å². The number of nitrogens with one attached hydrogen (secondary N) is 1. The summed E-state index contributed by atoms with van der Waals surface area (Å²) < 4.78 is 5.43. The van der Waals surface area contributed by atoms with Gasteiger partial charge in [0.2, 0.25) is 0 Å². The van der Waals surface area contributed by atoms with Gasteiger partial charge in [0.05, 0.1) is 13.2 Å². The van der Waals surface area contributed by atoms with Gasteiger partial charge < -0.3 is 15.0 Å².